The van der Waals surface area contributed by atoms with Gasteiger partial charge in [-0.15, -0.1) is 11.3 Å². The van der Waals surface area contributed by atoms with Crippen molar-refractivity contribution in [2.45, 2.75) is 39.7 Å². The molecule has 1 aromatic heterocycles. The zero-order chi connectivity index (χ0) is 20.3. The van der Waals surface area contributed by atoms with Crippen molar-refractivity contribution in [2.24, 2.45) is 0 Å². The van der Waals surface area contributed by atoms with E-state index in [1.165, 1.54) is 11.3 Å². The average molecular weight is 400 g/mol. The second-order valence-corrected chi connectivity index (χ2v) is 7.82. The molecule has 0 bridgehead atoms. The molecule has 5 nitrogen and oxygen atoms in total. The molecule has 1 saturated heterocycles. The third-order valence-electron chi connectivity index (χ3n) is 4.73. The van der Waals surface area contributed by atoms with Gasteiger partial charge in [0.25, 0.3) is 11.7 Å². The first-order chi connectivity index (χ1) is 13.5. The molecule has 2 aromatic rings. The van der Waals surface area contributed by atoms with Gasteiger partial charge in [-0.3, -0.25) is 9.59 Å². The number of aliphatic hydroxyl groups excluding tert-OH is 1. The molecule has 148 valence electrons. The highest BCUT2D eigenvalue weighted by molar-refractivity contribution is 7.10. The molecule has 1 aliphatic rings. The summed E-state index contributed by atoms with van der Waals surface area (Å²) in [7, 11) is 0. The number of Topliss-reactive ketones (excluding diaryl/α,β-unsaturated/α-hetero) is 1. The summed E-state index contributed by atoms with van der Waals surface area (Å²) in [5.41, 5.74) is 1.54. The highest BCUT2D eigenvalue weighted by atomic mass is 32.1. The van der Waals surface area contributed by atoms with E-state index in [1.54, 1.807) is 23.1 Å². The predicted octanol–water partition coefficient (Wildman–Crippen LogP) is 4.68. The van der Waals surface area contributed by atoms with Gasteiger partial charge < -0.3 is 14.7 Å². The highest BCUT2D eigenvalue weighted by Gasteiger charge is 2.46. The Morgan fingerprint density at radius 2 is 2.00 bits per heavy atom. The van der Waals surface area contributed by atoms with Gasteiger partial charge in [0, 0.05) is 17.0 Å². The number of hydrogen-bond donors (Lipinski definition) is 1. The average Bonchev–Trinajstić information content (AvgIpc) is 3.29. The maximum atomic E-state index is 12.8. The number of hydrogen-bond acceptors (Lipinski definition) is 5. The standard InChI is InChI=1S/C22H25NO4S/c1-4-10-23-19(17-7-6-12-28-17)18(21(25)22(23)26)20(24)15-8-9-16(14(3)13-15)27-11-5-2/h6-9,12-13,19,24H,4-5,10-11H2,1-3H3/b20-18-. The molecular formula is C22H25NO4S. The Bertz CT molecular complexity index is 901. The first-order valence-corrected chi connectivity index (χ1v) is 10.4. The van der Waals surface area contributed by atoms with Gasteiger partial charge in [0.05, 0.1) is 18.2 Å². The molecule has 1 atom stereocenters. The molecule has 1 aromatic carbocycles. The lowest BCUT2D eigenvalue weighted by Gasteiger charge is -2.23. The molecule has 28 heavy (non-hydrogen) atoms. The van der Waals surface area contributed by atoms with Crippen LogP contribution in [0.4, 0.5) is 0 Å². The topological polar surface area (TPSA) is 66.8 Å². The molecule has 1 unspecified atom stereocenters. The third kappa shape index (κ3) is 3.69. The quantitative estimate of drug-likeness (QED) is 0.417. The van der Waals surface area contributed by atoms with Crippen molar-refractivity contribution < 1.29 is 19.4 Å². The van der Waals surface area contributed by atoms with Crippen LogP contribution in [0.1, 0.15) is 48.7 Å². The zero-order valence-corrected chi connectivity index (χ0v) is 17.2. The number of likely N-dealkylation sites (tertiary alicyclic amines) is 1. The van der Waals surface area contributed by atoms with Crippen molar-refractivity contribution in [1.82, 2.24) is 4.90 Å². The van der Waals surface area contributed by atoms with E-state index >= 15 is 0 Å². The lowest BCUT2D eigenvalue weighted by Crippen LogP contribution is -2.30. The van der Waals surface area contributed by atoms with Crippen LogP contribution in [0.3, 0.4) is 0 Å². The molecule has 1 aliphatic heterocycles. The number of ketones is 1. The van der Waals surface area contributed by atoms with Gasteiger partial charge in [-0.1, -0.05) is 19.9 Å². The van der Waals surface area contributed by atoms with E-state index < -0.39 is 17.7 Å². The van der Waals surface area contributed by atoms with Gasteiger partial charge in [-0.05, 0) is 55.0 Å². The molecule has 0 aliphatic carbocycles. The van der Waals surface area contributed by atoms with Crippen molar-refractivity contribution >= 4 is 28.8 Å². The smallest absolute Gasteiger partial charge is 0.295 e. The third-order valence-corrected chi connectivity index (χ3v) is 5.65. The predicted molar refractivity (Wildman–Crippen MR) is 111 cm³/mol. The Balaban J connectivity index is 2.07. The molecule has 0 saturated carbocycles. The summed E-state index contributed by atoms with van der Waals surface area (Å²) in [6.45, 7) is 6.98. The van der Waals surface area contributed by atoms with Crippen molar-refractivity contribution in [3.05, 3.63) is 57.3 Å². The fraction of sp³-hybridized carbons (Fsp3) is 0.364. The number of nitrogens with zero attached hydrogens (tertiary/aromatic N) is 1. The van der Waals surface area contributed by atoms with Crippen LogP contribution in [-0.2, 0) is 9.59 Å². The molecule has 1 N–H and O–H groups in total. The first kappa shape index (κ1) is 20.1. The minimum atomic E-state index is -0.631. The molecule has 1 amide bonds. The van der Waals surface area contributed by atoms with Crippen LogP contribution in [0, 0.1) is 6.92 Å². The summed E-state index contributed by atoms with van der Waals surface area (Å²) in [5.74, 6) is -0.574. The second-order valence-electron chi connectivity index (χ2n) is 6.84. The lowest BCUT2D eigenvalue weighted by molar-refractivity contribution is -0.139. The Kier molecular flexibility index (Phi) is 6.19. The molecule has 1 fully saturated rings. The summed E-state index contributed by atoms with van der Waals surface area (Å²) < 4.78 is 5.69. The number of amides is 1. The Hall–Kier alpha value is -2.60. The van der Waals surface area contributed by atoms with Crippen LogP contribution in [-0.4, -0.2) is 34.8 Å². The summed E-state index contributed by atoms with van der Waals surface area (Å²) in [4.78, 5) is 27.8. The zero-order valence-electron chi connectivity index (χ0n) is 16.4. The van der Waals surface area contributed by atoms with Crippen LogP contribution >= 0.6 is 11.3 Å². The Labute approximate surface area is 169 Å². The largest absolute Gasteiger partial charge is 0.507 e. The summed E-state index contributed by atoms with van der Waals surface area (Å²) >= 11 is 1.47. The van der Waals surface area contributed by atoms with E-state index in [1.807, 2.05) is 38.3 Å². The van der Waals surface area contributed by atoms with Crippen LogP contribution in [0.15, 0.2) is 41.3 Å². The molecule has 2 heterocycles. The molecule has 0 spiro atoms. The van der Waals surface area contributed by atoms with E-state index in [0.29, 0.717) is 18.7 Å². The number of carbonyl (C=O) groups excluding carboxylic acids is 2. The van der Waals surface area contributed by atoms with E-state index in [0.717, 1.165) is 29.0 Å². The maximum absolute atomic E-state index is 12.8. The summed E-state index contributed by atoms with van der Waals surface area (Å²) in [6, 6.07) is 8.55. The number of benzene rings is 1. The summed E-state index contributed by atoms with van der Waals surface area (Å²) in [5, 5.41) is 12.9. The van der Waals surface area contributed by atoms with Gasteiger partial charge in [0.15, 0.2) is 0 Å². The van der Waals surface area contributed by atoms with Crippen molar-refractivity contribution in [3.63, 3.8) is 0 Å². The second kappa shape index (κ2) is 8.61. The van der Waals surface area contributed by atoms with Gasteiger partial charge in [0.2, 0.25) is 0 Å². The fourth-order valence-corrected chi connectivity index (χ4v) is 4.27. The number of aryl methyl sites for hydroxylation is 1. The van der Waals surface area contributed by atoms with Crippen LogP contribution < -0.4 is 4.74 Å². The van der Waals surface area contributed by atoms with Crippen LogP contribution in [0.25, 0.3) is 5.76 Å². The van der Waals surface area contributed by atoms with E-state index in [4.69, 9.17) is 4.74 Å². The first-order valence-electron chi connectivity index (χ1n) is 9.55. The molecule has 6 heteroatoms. The monoisotopic (exact) mass is 399 g/mol. The van der Waals surface area contributed by atoms with Gasteiger partial charge in [-0.25, -0.2) is 0 Å². The molecule has 0 radical (unpaired) electrons. The molecule has 3 rings (SSSR count). The SMILES string of the molecule is CCCOc1ccc(/C(O)=C2/C(=O)C(=O)N(CCC)C2c2cccs2)cc1C. The van der Waals surface area contributed by atoms with Crippen molar-refractivity contribution in [3.8, 4) is 5.75 Å². The van der Waals surface area contributed by atoms with Crippen molar-refractivity contribution in [1.29, 1.82) is 0 Å². The van der Waals surface area contributed by atoms with E-state index in [9.17, 15) is 14.7 Å². The number of rotatable bonds is 7. The van der Waals surface area contributed by atoms with Crippen LogP contribution in [0.5, 0.6) is 5.75 Å². The number of carbonyl (C=O) groups is 2. The van der Waals surface area contributed by atoms with Crippen LogP contribution in [0.2, 0.25) is 0 Å². The number of aliphatic hydroxyl groups is 1. The Morgan fingerprint density at radius 3 is 2.61 bits per heavy atom. The number of thiophene rings is 1. The normalized spacial score (nSPS) is 18.7. The maximum Gasteiger partial charge on any atom is 0.295 e. The Morgan fingerprint density at radius 1 is 1.21 bits per heavy atom. The minimum Gasteiger partial charge on any atom is -0.507 e. The minimum absolute atomic E-state index is 0.138. The summed E-state index contributed by atoms with van der Waals surface area (Å²) in [6.07, 6.45) is 1.64. The highest BCUT2D eigenvalue weighted by Crippen LogP contribution is 2.41. The van der Waals surface area contributed by atoms with Gasteiger partial charge >= 0.3 is 0 Å². The van der Waals surface area contributed by atoms with Gasteiger partial charge in [0.1, 0.15) is 11.5 Å². The van der Waals surface area contributed by atoms with Gasteiger partial charge in [-0.2, -0.15) is 0 Å². The lowest BCUT2D eigenvalue weighted by atomic mass is 9.98. The van der Waals surface area contributed by atoms with Crippen molar-refractivity contribution in [2.75, 3.05) is 13.2 Å². The fourth-order valence-electron chi connectivity index (χ4n) is 3.42. The molecular weight excluding hydrogens is 374 g/mol. The van der Waals surface area contributed by atoms with E-state index in [-0.39, 0.29) is 11.3 Å². The van der Waals surface area contributed by atoms with E-state index in [2.05, 4.69) is 0 Å². The number of ether oxygens (including phenoxy) is 1.